The summed E-state index contributed by atoms with van der Waals surface area (Å²) < 4.78 is 26.8. The monoisotopic (exact) mass is 645 g/mol. The normalized spacial score (nSPS) is 12.8. The number of nitrogens with one attached hydrogen (secondary N) is 1. The van der Waals surface area contributed by atoms with E-state index in [2.05, 4.69) is 5.32 Å². The Balaban J connectivity index is 1.93. The molecule has 0 spiro atoms. The molecule has 0 unspecified atom stereocenters. The summed E-state index contributed by atoms with van der Waals surface area (Å²) in [6.07, 6.45) is 2.53. The maximum atomic E-state index is 14.0. The molecule has 0 radical (unpaired) electrons. The van der Waals surface area contributed by atoms with E-state index in [4.69, 9.17) is 23.2 Å². The van der Waals surface area contributed by atoms with Crippen molar-refractivity contribution >= 4 is 50.7 Å². The number of carbonyl (C=O) groups is 2. The van der Waals surface area contributed by atoms with Gasteiger partial charge in [-0.15, -0.1) is 0 Å². The van der Waals surface area contributed by atoms with Crippen molar-refractivity contribution in [2.24, 2.45) is 0 Å². The molecule has 43 heavy (non-hydrogen) atoms. The predicted molar refractivity (Wildman–Crippen MR) is 176 cm³/mol. The predicted octanol–water partition coefficient (Wildman–Crippen LogP) is 6.71. The van der Waals surface area contributed by atoms with E-state index >= 15 is 0 Å². The fourth-order valence-corrected chi connectivity index (χ4v) is 6.20. The first kappa shape index (κ1) is 34.4. The van der Waals surface area contributed by atoms with Crippen molar-refractivity contribution in [2.45, 2.75) is 72.0 Å². The van der Waals surface area contributed by atoms with Crippen molar-refractivity contribution in [2.75, 3.05) is 17.1 Å². The molecule has 0 aliphatic rings. The number of amides is 2. The van der Waals surface area contributed by atoms with Gasteiger partial charge in [0.15, 0.2) is 0 Å². The molecule has 0 saturated heterocycles. The highest BCUT2D eigenvalue weighted by Crippen LogP contribution is 2.26. The molecule has 7 nitrogen and oxygen atoms in total. The van der Waals surface area contributed by atoms with E-state index in [0.717, 1.165) is 34.9 Å². The number of aryl methyl sites for hydroxylation is 2. The molecule has 0 bridgehead atoms. The highest BCUT2D eigenvalue weighted by atomic mass is 35.5. The lowest BCUT2D eigenvalue weighted by atomic mass is 10.0. The molecule has 0 aliphatic heterocycles. The second kappa shape index (κ2) is 15.6. The Labute approximate surface area is 266 Å². The minimum absolute atomic E-state index is 0.0417. The van der Waals surface area contributed by atoms with Gasteiger partial charge in [0.1, 0.15) is 6.04 Å². The summed E-state index contributed by atoms with van der Waals surface area (Å²) in [6, 6.07) is 19.5. The minimum Gasteiger partial charge on any atom is -0.352 e. The number of benzene rings is 3. The van der Waals surface area contributed by atoms with Gasteiger partial charge in [-0.05, 0) is 80.1 Å². The second-order valence-corrected chi connectivity index (χ2v) is 13.8. The van der Waals surface area contributed by atoms with Crippen LogP contribution in [0.25, 0.3) is 0 Å². The van der Waals surface area contributed by atoms with E-state index in [1.165, 1.54) is 4.31 Å². The van der Waals surface area contributed by atoms with Gasteiger partial charge in [-0.2, -0.15) is 0 Å². The number of rotatable bonds is 14. The maximum absolute atomic E-state index is 14.0. The van der Waals surface area contributed by atoms with Crippen LogP contribution in [0.15, 0.2) is 66.7 Å². The van der Waals surface area contributed by atoms with Gasteiger partial charge >= 0.3 is 0 Å². The SMILES string of the molecule is CC[C@@H](C)NC(=O)[C@H](Cc1ccccc1)N(Cc1ccc(Cl)c(Cl)c1)C(=O)CCCN(c1cc(C)cc(C)c1)S(C)(=O)=O. The van der Waals surface area contributed by atoms with Crippen LogP contribution in [-0.2, 0) is 32.6 Å². The van der Waals surface area contributed by atoms with E-state index in [-0.39, 0.29) is 43.8 Å². The number of hydrogen-bond donors (Lipinski definition) is 1. The van der Waals surface area contributed by atoms with E-state index in [9.17, 15) is 18.0 Å². The minimum atomic E-state index is -3.60. The number of nitrogens with zero attached hydrogens (tertiary/aromatic N) is 2. The fraction of sp³-hybridized carbons (Fsp3) is 0.394. The molecule has 232 valence electrons. The zero-order valence-electron chi connectivity index (χ0n) is 25.4. The topological polar surface area (TPSA) is 86.8 Å². The van der Waals surface area contributed by atoms with Crippen LogP contribution < -0.4 is 9.62 Å². The first-order valence-electron chi connectivity index (χ1n) is 14.4. The van der Waals surface area contributed by atoms with Gasteiger partial charge in [-0.3, -0.25) is 13.9 Å². The molecule has 0 aromatic heterocycles. The highest BCUT2D eigenvalue weighted by molar-refractivity contribution is 7.92. The Kier molecular flexibility index (Phi) is 12.5. The quantitative estimate of drug-likeness (QED) is 0.211. The van der Waals surface area contributed by atoms with Crippen LogP contribution in [-0.4, -0.2) is 50.0 Å². The maximum Gasteiger partial charge on any atom is 0.243 e. The summed E-state index contributed by atoms with van der Waals surface area (Å²) in [5, 5.41) is 3.80. The van der Waals surface area contributed by atoms with Crippen LogP contribution in [0.4, 0.5) is 5.69 Å². The van der Waals surface area contributed by atoms with Crippen LogP contribution in [0, 0.1) is 13.8 Å². The van der Waals surface area contributed by atoms with Crippen molar-refractivity contribution in [3.63, 3.8) is 0 Å². The molecule has 1 N–H and O–H groups in total. The Morgan fingerprint density at radius 1 is 0.907 bits per heavy atom. The fourth-order valence-electron chi connectivity index (χ4n) is 4.93. The molecular formula is C33H41Cl2N3O4S. The molecule has 2 amide bonds. The second-order valence-electron chi connectivity index (χ2n) is 11.1. The Morgan fingerprint density at radius 3 is 2.14 bits per heavy atom. The first-order chi connectivity index (χ1) is 20.3. The van der Waals surface area contributed by atoms with Gasteiger partial charge < -0.3 is 10.2 Å². The van der Waals surface area contributed by atoms with Crippen LogP contribution in [0.5, 0.6) is 0 Å². The lowest BCUT2D eigenvalue weighted by Crippen LogP contribution is -2.52. The lowest BCUT2D eigenvalue weighted by Gasteiger charge is -2.33. The van der Waals surface area contributed by atoms with E-state index in [1.807, 2.05) is 76.2 Å². The van der Waals surface area contributed by atoms with Crippen LogP contribution in [0.1, 0.15) is 55.4 Å². The molecule has 0 aliphatic carbocycles. The molecule has 2 atom stereocenters. The van der Waals surface area contributed by atoms with Gasteiger partial charge in [0.2, 0.25) is 21.8 Å². The molecule has 0 heterocycles. The molecule has 3 rings (SSSR count). The summed E-state index contributed by atoms with van der Waals surface area (Å²) >= 11 is 12.4. The van der Waals surface area contributed by atoms with Gasteiger partial charge in [-0.25, -0.2) is 8.42 Å². The summed E-state index contributed by atoms with van der Waals surface area (Å²) in [4.78, 5) is 29.3. The molecule has 3 aromatic rings. The van der Waals surface area contributed by atoms with Crippen LogP contribution in [0.3, 0.4) is 0 Å². The Morgan fingerprint density at radius 2 is 1.56 bits per heavy atom. The van der Waals surface area contributed by atoms with E-state index < -0.39 is 16.1 Å². The zero-order valence-corrected chi connectivity index (χ0v) is 27.8. The summed E-state index contributed by atoms with van der Waals surface area (Å²) in [5.74, 6) is -0.514. The van der Waals surface area contributed by atoms with Crippen LogP contribution in [0.2, 0.25) is 10.0 Å². The third-order valence-electron chi connectivity index (χ3n) is 7.26. The van der Waals surface area contributed by atoms with Gasteiger partial charge in [0.25, 0.3) is 0 Å². The summed E-state index contributed by atoms with van der Waals surface area (Å²) in [5.41, 5.74) is 4.10. The lowest BCUT2D eigenvalue weighted by molar-refractivity contribution is -0.141. The highest BCUT2D eigenvalue weighted by Gasteiger charge is 2.31. The third kappa shape index (κ3) is 10.3. The Bertz CT molecular complexity index is 1500. The van der Waals surface area contributed by atoms with Crippen molar-refractivity contribution in [3.05, 3.63) is 99.0 Å². The average Bonchev–Trinajstić information content (AvgIpc) is 2.93. The van der Waals surface area contributed by atoms with Crippen molar-refractivity contribution < 1.29 is 18.0 Å². The van der Waals surface area contributed by atoms with Crippen molar-refractivity contribution in [1.82, 2.24) is 10.2 Å². The van der Waals surface area contributed by atoms with E-state index in [0.29, 0.717) is 22.2 Å². The molecule has 0 fully saturated rings. The standard InChI is InChI=1S/C33H41Cl2N3O4S/c1-6-25(4)36-33(40)31(21-26-11-8-7-9-12-26)37(22-27-14-15-29(34)30(35)20-27)32(39)13-10-16-38(43(5,41)42)28-18-23(2)17-24(3)19-28/h7-9,11-12,14-15,17-20,25,31H,6,10,13,16,21-22H2,1-5H3,(H,36,40)/t25-,31+/m1/s1. The molecular weight excluding hydrogens is 605 g/mol. The van der Waals surface area contributed by atoms with Crippen molar-refractivity contribution in [3.8, 4) is 0 Å². The molecule has 3 aromatic carbocycles. The molecule has 0 saturated carbocycles. The zero-order chi connectivity index (χ0) is 31.7. The smallest absolute Gasteiger partial charge is 0.243 e. The number of anilines is 1. The number of halogens is 2. The summed E-state index contributed by atoms with van der Waals surface area (Å²) in [6.45, 7) is 8.00. The number of sulfonamides is 1. The Hall–Kier alpha value is -3.07. The third-order valence-corrected chi connectivity index (χ3v) is 9.19. The summed E-state index contributed by atoms with van der Waals surface area (Å²) in [7, 11) is -3.60. The number of hydrogen-bond acceptors (Lipinski definition) is 4. The average molecular weight is 647 g/mol. The van der Waals surface area contributed by atoms with Crippen LogP contribution >= 0.6 is 23.2 Å². The van der Waals surface area contributed by atoms with E-state index in [1.54, 1.807) is 23.1 Å². The van der Waals surface area contributed by atoms with Gasteiger partial charge in [0, 0.05) is 32.0 Å². The van der Waals surface area contributed by atoms with Gasteiger partial charge in [-0.1, -0.05) is 72.6 Å². The largest absolute Gasteiger partial charge is 0.352 e. The first-order valence-corrected chi connectivity index (χ1v) is 17.0. The molecule has 10 heteroatoms. The van der Waals surface area contributed by atoms with Crippen molar-refractivity contribution in [1.29, 1.82) is 0 Å². The van der Waals surface area contributed by atoms with Gasteiger partial charge in [0.05, 0.1) is 22.0 Å². The number of carbonyl (C=O) groups excluding carboxylic acids is 2.